The standard InChI is InChI=1S/C35H35F3N4O.C2H6.CO2/c1-8-20(4)30(16-26(36)10-3)41-28-14-13-27(37)34(35(28)38)31-19-42-18-24(9-2)33(32(42)17-39-31)22(6)40-29-15-25(23(7)43)12-11-21(29)5;1-2;2-1-3/h10-19,40-41H,3,6,8-9H2,1-2,4-5,7H3;1-2H3;/b26-16+,30-20-;;. The maximum Gasteiger partial charge on any atom is 0.373 e. The third-order valence-corrected chi connectivity index (χ3v) is 7.43. The molecule has 0 amide bonds. The zero-order valence-corrected chi connectivity index (χ0v) is 28.4. The van der Waals surface area contributed by atoms with Crippen LogP contribution < -0.4 is 10.6 Å². The molecule has 0 saturated heterocycles. The third-order valence-electron chi connectivity index (χ3n) is 7.43. The molecule has 0 atom stereocenters. The Morgan fingerprint density at radius 2 is 1.71 bits per heavy atom. The number of rotatable bonds is 11. The van der Waals surface area contributed by atoms with Gasteiger partial charge in [-0.05, 0) is 80.7 Å². The van der Waals surface area contributed by atoms with Crippen LogP contribution in [-0.4, -0.2) is 21.3 Å². The molecule has 0 aliphatic heterocycles. The van der Waals surface area contributed by atoms with Gasteiger partial charge in [-0.2, -0.15) is 9.59 Å². The van der Waals surface area contributed by atoms with E-state index in [4.69, 9.17) is 9.59 Å². The Labute approximate surface area is 279 Å². The van der Waals surface area contributed by atoms with Crippen LogP contribution in [0.3, 0.4) is 0 Å². The Morgan fingerprint density at radius 1 is 1.04 bits per heavy atom. The second kappa shape index (κ2) is 18.0. The Hall–Kier alpha value is -5.47. The van der Waals surface area contributed by atoms with Gasteiger partial charge < -0.3 is 15.0 Å². The van der Waals surface area contributed by atoms with Crippen LogP contribution in [-0.2, 0) is 16.0 Å². The first kappa shape index (κ1) is 38.7. The summed E-state index contributed by atoms with van der Waals surface area (Å²) in [6.07, 6.45) is 8.81. The SMILES string of the molecule is C=C/C(F)=C\C(Nc1ccc(F)c(-c2cn3cc(CC)c(C(=C)Nc4cc(C(C)=O)ccc4C)c3cn2)c1F)=C(/C)CC.CC.O=C=O. The van der Waals surface area contributed by atoms with Crippen LogP contribution >= 0.6 is 0 Å². The highest BCUT2D eigenvalue weighted by molar-refractivity contribution is 5.96. The van der Waals surface area contributed by atoms with Gasteiger partial charge >= 0.3 is 6.15 Å². The molecule has 0 radical (unpaired) electrons. The number of carbonyl (C=O) groups is 1. The van der Waals surface area contributed by atoms with Crippen molar-refractivity contribution in [1.82, 2.24) is 9.38 Å². The molecule has 4 rings (SSSR count). The van der Waals surface area contributed by atoms with Crippen molar-refractivity contribution in [3.05, 3.63) is 125 Å². The van der Waals surface area contributed by atoms with Crippen LogP contribution in [0.25, 0.3) is 22.5 Å². The van der Waals surface area contributed by atoms with Gasteiger partial charge in [0.2, 0.25) is 0 Å². The van der Waals surface area contributed by atoms with Gasteiger partial charge in [-0.15, -0.1) is 0 Å². The van der Waals surface area contributed by atoms with Crippen molar-refractivity contribution in [2.24, 2.45) is 0 Å². The van der Waals surface area contributed by atoms with Crippen LogP contribution in [0.15, 0.2) is 91.3 Å². The Kier molecular flexibility index (Phi) is 14.5. The summed E-state index contributed by atoms with van der Waals surface area (Å²) in [6.45, 7) is 20.8. The molecular formula is C38H41F3N4O3. The van der Waals surface area contributed by atoms with Crippen molar-refractivity contribution in [2.75, 3.05) is 10.6 Å². The Balaban J connectivity index is 0.00000151. The number of hydrogen-bond donors (Lipinski definition) is 2. The number of Topliss-reactive ketones (excluding diaryl/α,β-unsaturated/α-hetero) is 1. The lowest BCUT2D eigenvalue weighted by Gasteiger charge is -2.15. The monoisotopic (exact) mass is 658 g/mol. The van der Waals surface area contributed by atoms with Crippen LogP contribution in [0.4, 0.5) is 24.5 Å². The largest absolute Gasteiger partial charge is 0.373 e. The first-order chi connectivity index (χ1) is 22.9. The van der Waals surface area contributed by atoms with Crippen molar-refractivity contribution >= 4 is 34.5 Å². The van der Waals surface area contributed by atoms with Gasteiger partial charge in [-0.1, -0.05) is 53.0 Å². The van der Waals surface area contributed by atoms with E-state index in [2.05, 4.69) is 28.8 Å². The molecule has 2 heterocycles. The van der Waals surface area contributed by atoms with Gasteiger partial charge in [0.1, 0.15) is 11.6 Å². The average Bonchev–Trinajstić information content (AvgIpc) is 3.45. The first-order valence-electron chi connectivity index (χ1n) is 15.4. The number of anilines is 2. The predicted octanol–water partition coefficient (Wildman–Crippen LogP) is 10.0. The highest BCUT2D eigenvalue weighted by Gasteiger charge is 2.20. The quantitative estimate of drug-likeness (QED) is 0.123. The summed E-state index contributed by atoms with van der Waals surface area (Å²) < 4.78 is 46.8. The third kappa shape index (κ3) is 9.08. The molecule has 4 aromatic rings. The van der Waals surface area contributed by atoms with Gasteiger partial charge in [0, 0.05) is 40.6 Å². The van der Waals surface area contributed by atoms with Crippen LogP contribution in [0, 0.1) is 18.6 Å². The first-order valence-corrected chi connectivity index (χ1v) is 15.4. The highest BCUT2D eigenvalue weighted by Crippen LogP contribution is 2.34. The number of halogens is 3. The van der Waals surface area contributed by atoms with E-state index in [1.54, 1.807) is 35.9 Å². The van der Waals surface area contributed by atoms with Crippen LogP contribution in [0.1, 0.15) is 75.0 Å². The van der Waals surface area contributed by atoms with Gasteiger partial charge in [0.25, 0.3) is 0 Å². The number of nitrogens with one attached hydrogen (secondary N) is 2. The Bertz CT molecular complexity index is 1920. The smallest absolute Gasteiger partial charge is 0.355 e. The molecule has 7 nitrogen and oxygen atoms in total. The van der Waals surface area contributed by atoms with E-state index in [9.17, 15) is 9.18 Å². The molecule has 252 valence electrons. The van der Waals surface area contributed by atoms with Crippen molar-refractivity contribution in [3.8, 4) is 11.3 Å². The highest BCUT2D eigenvalue weighted by atomic mass is 19.1. The maximum absolute atomic E-state index is 15.9. The van der Waals surface area contributed by atoms with Gasteiger partial charge in [-0.3, -0.25) is 9.78 Å². The summed E-state index contributed by atoms with van der Waals surface area (Å²) >= 11 is 0. The zero-order valence-electron chi connectivity index (χ0n) is 28.4. The summed E-state index contributed by atoms with van der Waals surface area (Å²) in [5.74, 6) is -2.26. The molecule has 0 saturated carbocycles. The molecule has 0 aliphatic carbocycles. The second-order valence-electron chi connectivity index (χ2n) is 10.4. The van der Waals surface area contributed by atoms with Crippen molar-refractivity contribution in [1.29, 1.82) is 0 Å². The summed E-state index contributed by atoms with van der Waals surface area (Å²) in [5.41, 5.74) is 6.25. The Morgan fingerprint density at radius 3 is 2.29 bits per heavy atom. The molecule has 0 unspecified atom stereocenters. The molecular weight excluding hydrogens is 617 g/mol. The van der Waals surface area contributed by atoms with E-state index in [1.165, 1.54) is 19.1 Å². The number of ketones is 1. The van der Waals surface area contributed by atoms with Gasteiger partial charge in [0.15, 0.2) is 11.6 Å². The van der Waals surface area contributed by atoms with E-state index in [0.717, 1.165) is 40.1 Å². The molecule has 48 heavy (non-hydrogen) atoms. The van der Waals surface area contributed by atoms with Crippen LogP contribution in [0.2, 0.25) is 0 Å². The minimum absolute atomic E-state index is 0.0163. The molecule has 2 aromatic heterocycles. The fourth-order valence-corrected chi connectivity index (χ4v) is 4.76. The lowest BCUT2D eigenvalue weighted by Crippen LogP contribution is -2.05. The van der Waals surface area contributed by atoms with Crippen molar-refractivity contribution in [2.45, 2.75) is 61.3 Å². The average molecular weight is 659 g/mol. The number of allylic oxidation sites excluding steroid dienone is 4. The molecule has 0 aliphatic rings. The number of aryl methyl sites for hydroxylation is 2. The predicted molar refractivity (Wildman–Crippen MR) is 186 cm³/mol. The maximum atomic E-state index is 15.9. The molecule has 0 bridgehead atoms. The zero-order chi connectivity index (χ0) is 36.1. The fraction of sp³-hybridized carbons (Fsp3) is 0.237. The summed E-state index contributed by atoms with van der Waals surface area (Å²) in [5, 5.41) is 6.25. The molecule has 0 fully saturated rings. The van der Waals surface area contributed by atoms with E-state index < -0.39 is 17.5 Å². The number of carbonyl (C=O) groups excluding carboxylic acids is 3. The summed E-state index contributed by atoms with van der Waals surface area (Å²) in [6, 6.07) is 7.88. The molecule has 2 aromatic carbocycles. The lowest BCUT2D eigenvalue weighted by molar-refractivity contribution is -0.191. The summed E-state index contributed by atoms with van der Waals surface area (Å²) in [4.78, 5) is 32.6. The number of aromatic nitrogens is 2. The van der Waals surface area contributed by atoms with Crippen molar-refractivity contribution < 1.29 is 27.6 Å². The minimum atomic E-state index is -0.851. The van der Waals surface area contributed by atoms with E-state index in [1.807, 2.05) is 46.9 Å². The number of hydrogen-bond acceptors (Lipinski definition) is 6. The molecule has 2 N–H and O–H groups in total. The van der Waals surface area contributed by atoms with Crippen molar-refractivity contribution in [3.63, 3.8) is 0 Å². The van der Waals surface area contributed by atoms with E-state index >= 15 is 8.78 Å². The molecule has 10 heteroatoms. The van der Waals surface area contributed by atoms with Gasteiger partial charge in [-0.25, -0.2) is 13.2 Å². The minimum Gasteiger partial charge on any atom is -0.355 e. The molecule has 0 spiro atoms. The number of fused-ring (bicyclic) bond motifs is 1. The van der Waals surface area contributed by atoms with E-state index in [0.29, 0.717) is 35.3 Å². The lowest BCUT2D eigenvalue weighted by atomic mass is 10.0. The number of nitrogens with zero attached hydrogens (tertiary/aromatic N) is 2. The fourth-order valence-electron chi connectivity index (χ4n) is 4.76. The van der Waals surface area contributed by atoms with Gasteiger partial charge in [0.05, 0.1) is 28.7 Å². The topological polar surface area (TPSA) is 92.6 Å². The normalized spacial score (nSPS) is 11.2. The summed E-state index contributed by atoms with van der Waals surface area (Å²) in [7, 11) is 0. The van der Waals surface area contributed by atoms with E-state index in [-0.39, 0.29) is 28.9 Å². The number of benzene rings is 2. The van der Waals surface area contributed by atoms with Crippen LogP contribution in [0.5, 0.6) is 0 Å². The second-order valence-corrected chi connectivity index (χ2v) is 10.4.